The summed E-state index contributed by atoms with van der Waals surface area (Å²) in [5, 5.41) is 16.1. The summed E-state index contributed by atoms with van der Waals surface area (Å²) in [6.45, 7) is 0.415. The highest BCUT2D eigenvalue weighted by atomic mass is 16.2. The molecular formula is C22H21N7O. The number of hydrogen-bond donors (Lipinski definition) is 3. The Morgan fingerprint density at radius 3 is 2.77 bits per heavy atom. The van der Waals surface area contributed by atoms with Crippen LogP contribution in [0.25, 0.3) is 33.3 Å². The average molecular weight is 399 g/mol. The van der Waals surface area contributed by atoms with Crippen molar-refractivity contribution in [1.82, 2.24) is 24.8 Å². The van der Waals surface area contributed by atoms with Gasteiger partial charge >= 0.3 is 0 Å². The molecule has 0 aliphatic heterocycles. The van der Waals surface area contributed by atoms with Gasteiger partial charge in [-0.1, -0.05) is 24.3 Å². The molecule has 0 atom stereocenters. The number of nitrogens with one attached hydrogen (secondary N) is 3. The standard InChI is InChI=1S/C22H21N7O/c1-24-20-17-18(29(2)12-26-17)15-9-16(27-19(15)28-20)14-5-3-13(4-6-14)10-25-21(30)22(11-23)7-8-22/h3-6,9,12H,7-8,10H2,1-2H3,(H,25,30)(H2,24,27,28). The van der Waals surface area contributed by atoms with Crippen LogP contribution >= 0.6 is 0 Å². The number of carbonyl (C=O) groups excluding carboxylic acids is 1. The van der Waals surface area contributed by atoms with Crippen LogP contribution in [0.4, 0.5) is 5.82 Å². The summed E-state index contributed by atoms with van der Waals surface area (Å²) in [5.74, 6) is 0.569. The fraction of sp³-hybridized carbons (Fsp3) is 0.273. The van der Waals surface area contributed by atoms with E-state index in [1.165, 1.54) is 0 Å². The van der Waals surface area contributed by atoms with Gasteiger partial charge in [0.05, 0.1) is 17.9 Å². The van der Waals surface area contributed by atoms with Gasteiger partial charge in [0.15, 0.2) is 5.82 Å². The van der Waals surface area contributed by atoms with E-state index >= 15 is 0 Å². The molecule has 5 rings (SSSR count). The van der Waals surface area contributed by atoms with E-state index in [2.05, 4.69) is 37.7 Å². The van der Waals surface area contributed by atoms with Crippen LogP contribution in [0.1, 0.15) is 18.4 Å². The molecule has 4 aromatic rings. The molecule has 1 amide bonds. The van der Waals surface area contributed by atoms with E-state index in [1.54, 1.807) is 6.33 Å². The third kappa shape index (κ3) is 2.78. The molecule has 0 radical (unpaired) electrons. The molecule has 8 heteroatoms. The zero-order chi connectivity index (χ0) is 20.9. The Hall–Kier alpha value is -3.86. The van der Waals surface area contributed by atoms with Crippen LogP contribution in [0.3, 0.4) is 0 Å². The lowest BCUT2D eigenvalue weighted by atomic mass is 10.1. The number of hydrogen-bond acceptors (Lipinski definition) is 5. The zero-order valence-corrected chi connectivity index (χ0v) is 16.8. The van der Waals surface area contributed by atoms with Crippen molar-refractivity contribution in [2.75, 3.05) is 12.4 Å². The van der Waals surface area contributed by atoms with Crippen molar-refractivity contribution in [3.8, 4) is 17.3 Å². The van der Waals surface area contributed by atoms with E-state index in [0.29, 0.717) is 19.4 Å². The Kier molecular flexibility index (Phi) is 4.00. The van der Waals surface area contributed by atoms with Crippen molar-refractivity contribution in [2.45, 2.75) is 19.4 Å². The number of imidazole rings is 1. The highest BCUT2D eigenvalue weighted by molar-refractivity contribution is 6.07. The predicted octanol–water partition coefficient (Wildman–Crippen LogP) is 3.08. The van der Waals surface area contributed by atoms with E-state index in [4.69, 9.17) is 5.26 Å². The van der Waals surface area contributed by atoms with Crippen LogP contribution in [0.15, 0.2) is 36.7 Å². The molecule has 3 heterocycles. The first-order valence-electron chi connectivity index (χ1n) is 9.85. The van der Waals surface area contributed by atoms with Crippen molar-refractivity contribution in [3.63, 3.8) is 0 Å². The minimum absolute atomic E-state index is 0.170. The Labute approximate surface area is 172 Å². The number of pyridine rings is 1. The maximum Gasteiger partial charge on any atom is 0.240 e. The number of aromatic nitrogens is 4. The van der Waals surface area contributed by atoms with Gasteiger partial charge in [0.1, 0.15) is 16.6 Å². The Morgan fingerprint density at radius 2 is 2.10 bits per heavy atom. The number of H-pyrrole nitrogens is 1. The first-order chi connectivity index (χ1) is 14.5. The third-order valence-corrected chi connectivity index (χ3v) is 5.79. The number of fused-ring (bicyclic) bond motifs is 3. The van der Waals surface area contributed by atoms with Gasteiger partial charge in [-0.15, -0.1) is 0 Å². The van der Waals surface area contributed by atoms with Crippen LogP contribution in [0.2, 0.25) is 0 Å². The number of anilines is 1. The number of aromatic amines is 1. The van der Waals surface area contributed by atoms with Crippen molar-refractivity contribution >= 4 is 33.8 Å². The smallest absolute Gasteiger partial charge is 0.240 e. The number of nitriles is 1. The van der Waals surface area contributed by atoms with Crippen LogP contribution < -0.4 is 10.6 Å². The van der Waals surface area contributed by atoms with E-state index in [9.17, 15) is 4.79 Å². The van der Waals surface area contributed by atoms with Gasteiger partial charge in [-0.25, -0.2) is 9.97 Å². The zero-order valence-electron chi connectivity index (χ0n) is 16.8. The highest BCUT2D eigenvalue weighted by Crippen LogP contribution is 2.45. The summed E-state index contributed by atoms with van der Waals surface area (Å²) in [6.07, 6.45) is 3.10. The maximum absolute atomic E-state index is 12.1. The van der Waals surface area contributed by atoms with Crippen molar-refractivity contribution in [1.29, 1.82) is 5.26 Å². The monoisotopic (exact) mass is 399 g/mol. The molecule has 1 aliphatic carbocycles. The average Bonchev–Trinajstić information content (AvgIpc) is 3.32. The molecule has 1 aliphatic rings. The molecule has 1 saturated carbocycles. The van der Waals surface area contributed by atoms with Gasteiger partial charge in [0.2, 0.25) is 5.91 Å². The Morgan fingerprint density at radius 1 is 1.33 bits per heavy atom. The molecule has 1 fully saturated rings. The first kappa shape index (κ1) is 18.2. The molecule has 30 heavy (non-hydrogen) atoms. The van der Waals surface area contributed by atoms with Crippen LogP contribution in [-0.2, 0) is 18.4 Å². The van der Waals surface area contributed by atoms with E-state index in [1.807, 2.05) is 42.9 Å². The van der Waals surface area contributed by atoms with Gasteiger partial charge in [-0.05, 0) is 30.0 Å². The quantitative estimate of drug-likeness (QED) is 0.477. The summed E-state index contributed by atoms with van der Waals surface area (Å²) < 4.78 is 2.00. The summed E-state index contributed by atoms with van der Waals surface area (Å²) in [4.78, 5) is 24.7. The van der Waals surface area contributed by atoms with Crippen LogP contribution in [0, 0.1) is 16.7 Å². The second kappa shape index (κ2) is 6.59. The van der Waals surface area contributed by atoms with Gasteiger partial charge in [0.25, 0.3) is 0 Å². The first-order valence-corrected chi connectivity index (χ1v) is 9.85. The van der Waals surface area contributed by atoms with Gasteiger partial charge < -0.3 is 20.2 Å². The molecule has 0 bridgehead atoms. The number of nitrogens with zero attached hydrogens (tertiary/aromatic N) is 4. The molecule has 3 N–H and O–H groups in total. The molecule has 8 nitrogen and oxygen atoms in total. The normalized spacial score (nSPS) is 14.6. The molecule has 3 aromatic heterocycles. The minimum Gasteiger partial charge on any atom is -0.371 e. The molecule has 150 valence electrons. The summed E-state index contributed by atoms with van der Waals surface area (Å²) in [6, 6.07) is 12.2. The number of carbonyl (C=O) groups is 1. The van der Waals surface area contributed by atoms with Crippen molar-refractivity contribution in [3.05, 3.63) is 42.2 Å². The number of rotatable bonds is 5. The second-order valence-corrected chi connectivity index (χ2v) is 7.78. The van der Waals surface area contributed by atoms with Gasteiger partial charge in [-0.3, -0.25) is 4.79 Å². The largest absolute Gasteiger partial charge is 0.371 e. The maximum atomic E-state index is 12.1. The molecule has 0 unspecified atom stereocenters. The lowest BCUT2D eigenvalue weighted by Gasteiger charge is -2.08. The summed E-state index contributed by atoms with van der Waals surface area (Å²) in [7, 11) is 3.81. The topological polar surface area (TPSA) is 111 Å². The molecule has 0 spiro atoms. The second-order valence-electron chi connectivity index (χ2n) is 7.78. The third-order valence-electron chi connectivity index (χ3n) is 5.79. The SMILES string of the molecule is CNc1nc2[nH]c(-c3ccc(CNC(=O)C4(C#N)CC4)cc3)cc2c2c1ncn2C. The fourth-order valence-corrected chi connectivity index (χ4v) is 3.80. The highest BCUT2D eigenvalue weighted by Gasteiger charge is 2.50. The van der Waals surface area contributed by atoms with E-state index in [0.717, 1.165) is 44.7 Å². The van der Waals surface area contributed by atoms with Crippen molar-refractivity contribution in [2.24, 2.45) is 12.5 Å². The number of benzene rings is 1. The number of amides is 1. The van der Waals surface area contributed by atoms with Crippen LogP contribution in [0.5, 0.6) is 0 Å². The molecule has 0 saturated heterocycles. The molecule has 1 aromatic carbocycles. The molecular weight excluding hydrogens is 378 g/mol. The fourth-order valence-electron chi connectivity index (χ4n) is 3.80. The predicted molar refractivity (Wildman–Crippen MR) is 114 cm³/mol. The Balaban J connectivity index is 1.42. The minimum atomic E-state index is -0.791. The lowest BCUT2D eigenvalue weighted by molar-refractivity contribution is -0.124. The van der Waals surface area contributed by atoms with Crippen LogP contribution in [-0.4, -0.2) is 32.5 Å². The Bertz CT molecular complexity index is 1320. The van der Waals surface area contributed by atoms with E-state index in [-0.39, 0.29) is 5.91 Å². The summed E-state index contributed by atoms with van der Waals surface area (Å²) in [5.41, 5.74) is 4.85. The van der Waals surface area contributed by atoms with Gasteiger partial charge in [-0.2, -0.15) is 5.26 Å². The summed E-state index contributed by atoms with van der Waals surface area (Å²) >= 11 is 0. The van der Waals surface area contributed by atoms with Gasteiger partial charge in [0, 0.05) is 31.7 Å². The van der Waals surface area contributed by atoms with Crippen molar-refractivity contribution < 1.29 is 4.79 Å². The lowest BCUT2D eigenvalue weighted by Crippen LogP contribution is -2.30. The number of aryl methyl sites for hydroxylation is 1. The van der Waals surface area contributed by atoms with E-state index < -0.39 is 5.41 Å².